The Morgan fingerprint density at radius 2 is 2.32 bits per heavy atom. The van der Waals surface area contributed by atoms with Crippen molar-refractivity contribution < 1.29 is 13.9 Å². The molecule has 1 aromatic heterocycles. The number of esters is 1. The van der Waals surface area contributed by atoms with Gasteiger partial charge in [0.05, 0.1) is 24.0 Å². The van der Waals surface area contributed by atoms with Crippen LogP contribution in [0, 0.1) is 5.82 Å². The van der Waals surface area contributed by atoms with E-state index < -0.39 is 11.8 Å². The van der Waals surface area contributed by atoms with Gasteiger partial charge in [-0.25, -0.2) is 14.2 Å². The second kappa shape index (κ2) is 5.85. The number of carbonyl (C=O) groups excluding carboxylic acids is 1. The molecule has 1 N–H and O–H groups in total. The number of ether oxygens (including phenoxy) is 1. The third kappa shape index (κ3) is 3.23. The van der Waals surface area contributed by atoms with Crippen LogP contribution < -0.4 is 5.32 Å². The normalized spacial score (nSPS) is 10.3. The van der Waals surface area contributed by atoms with Crippen molar-refractivity contribution in [3.63, 3.8) is 0 Å². The minimum absolute atomic E-state index is 0.210. The van der Waals surface area contributed by atoms with E-state index in [2.05, 4.69) is 31.0 Å². The summed E-state index contributed by atoms with van der Waals surface area (Å²) in [5.74, 6) is -0.911. The number of thiazole rings is 1. The third-order valence-electron chi connectivity index (χ3n) is 2.13. The Morgan fingerprint density at radius 1 is 1.58 bits per heavy atom. The third-order valence-corrected chi connectivity index (χ3v) is 3.95. The van der Waals surface area contributed by atoms with Gasteiger partial charge >= 0.3 is 5.97 Å². The largest absolute Gasteiger partial charge is 0.465 e. The maximum Gasteiger partial charge on any atom is 0.349 e. The number of aromatic nitrogens is 1. The van der Waals surface area contributed by atoms with Gasteiger partial charge in [-0.1, -0.05) is 22.9 Å². The maximum absolute atomic E-state index is 13.1. The van der Waals surface area contributed by atoms with Crippen LogP contribution in [0.4, 0.5) is 15.2 Å². The molecule has 0 fully saturated rings. The van der Waals surface area contributed by atoms with Crippen molar-refractivity contribution in [1.29, 1.82) is 0 Å². The molecule has 1 aromatic carbocycles. The van der Waals surface area contributed by atoms with E-state index in [-0.39, 0.29) is 5.02 Å². The lowest BCUT2D eigenvalue weighted by molar-refractivity contribution is 0.0606. The van der Waals surface area contributed by atoms with Crippen LogP contribution in [-0.4, -0.2) is 18.1 Å². The Hall–Kier alpha value is -1.18. The summed E-state index contributed by atoms with van der Waals surface area (Å²) in [6, 6.07) is 2.46. The van der Waals surface area contributed by atoms with E-state index in [1.807, 2.05) is 0 Å². The first kappa shape index (κ1) is 14.2. The van der Waals surface area contributed by atoms with Gasteiger partial charge in [-0.15, -0.1) is 0 Å². The monoisotopic (exact) mass is 364 g/mol. The minimum atomic E-state index is -0.463. The predicted molar refractivity (Wildman–Crippen MR) is 75.8 cm³/mol. The Bertz CT molecular complexity index is 612. The molecule has 0 radical (unpaired) electrons. The zero-order valence-corrected chi connectivity index (χ0v) is 12.7. The quantitative estimate of drug-likeness (QED) is 0.827. The summed E-state index contributed by atoms with van der Waals surface area (Å²) in [5.41, 5.74) is 0.480. The number of hydrogen-bond donors (Lipinski definition) is 1. The van der Waals surface area contributed by atoms with E-state index in [4.69, 9.17) is 11.6 Å². The molecule has 2 rings (SSSR count). The summed E-state index contributed by atoms with van der Waals surface area (Å²) < 4.78 is 18.1. The van der Waals surface area contributed by atoms with Gasteiger partial charge in [0.15, 0.2) is 5.13 Å². The second-order valence-corrected chi connectivity index (χ2v) is 5.68. The minimum Gasteiger partial charge on any atom is -0.465 e. The molecule has 0 amide bonds. The molecule has 0 aliphatic rings. The fourth-order valence-corrected chi connectivity index (χ4v) is 2.93. The Kier molecular flexibility index (Phi) is 4.38. The van der Waals surface area contributed by atoms with Gasteiger partial charge < -0.3 is 10.1 Å². The molecular weight excluding hydrogens is 359 g/mol. The van der Waals surface area contributed by atoms with Gasteiger partial charge in [0, 0.05) is 4.47 Å². The van der Waals surface area contributed by atoms with Gasteiger partial charge in [-0.05, 0) is 28.1 Å². The molecule has 1 heterocycles. The van der Waals surface area contributed by atoms with E-state index >= 15 is 0 Å². The average molecular weight is 366 g/mol. The maximum atomic E-state index is 13.1. The molecule has 0 atom stereocenters. The summed E-state index contributed by atoms with van der Waals surface area (Å²) in [4.78, 5) is 15.7. The predicted octanol–water partition coefficient (Wildman–Crippen LogP) is 4.23. The molecule has 0 saturated heterocycles. The van der Waals surface area contributed by atoms with Crippen LogP contribution in [0.1, 0.15) is 9.67 Å². The van der Waals surface area contributed by atoms with Gasteiger partial charge in [-0.3, -0.25) is 0 Å². The summed E-state index contributed by atoms with van der Waals surface area (Å²) >= 11 is 10.2. The van der Waals surface area contributed by atoms with Crippen molar-refractivity contribution in [2.24, 2.45) is 0 Å². The van der Waals surface area contributed by atoms with Crippen LogP contribution in [0.25, 0.3) is 0 Å². The molecule has 0 aliphatic carbocycles. The molecule has 8 heteroatoms. The topological polar surface area (TPSA) is 51.2 Å². The van der Waals surface area contributed by atoms with Crippen LogP contribution in [0.3, 0.4) is 0 Å². The van der Waals surface area contributed by atoms with E-state index in [0.717, 1.165) is 11.3 Å². The first-order valence-corrected chi connectivity index (χ1v) is 6.95. The highest BCUT2D eigenvalue weighted by Gasteiger charge is 2.13. The lowest BCUT2D eigenvalue weighted by Gasteiger charge is -2.07. The molecular formula is C11H7BrClFN2O2S. The van der Waals surface area contributed by atoms with Crippen molar-refractivity contribution in [3.8, 4) is 0 Å². The number of methoxy groups -OCH3 is 1. The summed E-state index contributed by atoms with van der Waals surface area (Å²) in [6.07, 6.45) is 1.39. The van der Waals surface area contributed by atoms with Crippen LogP contribution in [0.5, 0.6) is 0 Å². The fourth-order valence-electron chi connectivity index (χ4n) is 1.30. The van der Waals surface area contributed by atoms with Gasteiger partial charge in [0.2, 0.25) is 0 Å². The van der Waals surface area contributed by atoms with Crippen LogP contribution in [0.15, 0.2) is 22.8 Å². The van der Waals surface area contributed by atoms with Crippen molar-refractivity contribution in [2.75, 3.05) is 12.4 Å². The Balaban J connectivity index is 2.27. The summed E-state index contributed by atoms with van der Waals surface area (Å²) in [6.45, 7) is 0. The average Bonchev–Trinajstić information content (AvgIpc) is 2.81. The van der Waals surface area contributed by atoms with Crippen molar-refractivity contribution in [2.45, 2.75) is 0 Å². The highest BCUT2D eigenvalue weighted by atomic mass is 79.9. The van der Waals surface area contributed by atoms with Crippen molar-refractivity contribution in [1.82, 2.24) is 4.98 Å². The fraction of sp³-hybridized carbons (Fsp3) is 0.0909. The molecule has 100 valence electrons. The lowest BCUT2D eigenvalue weighted by Crippen LogP contribution is -1.96. The second-order valence-electron chi connectivity index (χ2n) is 3.39. The molecule has 4 nitrogen and oxygen atoms in total. The molecule has 0 aliphatic heterocycles. The van der Waals surface area contributed by atoms with Crippen molar-refractivity contribution >= 4 is 55.7 Å². The smallest absolute Gasteiger partial charge is 0.349 e. The van der Waals surface area contributed by atoms with Crippen LogP contribution in [0.2, 0.25) is 5.02 Å². The SMILES string of the molecule is COC(=O)c1cnc(Nc2c(Cl)cc(F)cc2Br)s1. The number of nitrogens with one attached hydrogen (secondary N) is 1. The zero-order valence-electron chi connectivity index (χ0n) is 9.54. The molecule has 0 unspecified atom stereocenters. The van der Waals surface area contributed by atoms with E-state index in [1.54, 1.807) is 0 Å². The highest BCUT2D eigenvalue weighted by molar-refractivity contribution is 9.10. The lowest BCUT2D eigenvalue weighted by atomic mass is 10.3. The van der Waals surface area contributed by atoms with Gasteiger partial charge in [-0.2, -0.15) is 0 Å². The van der Waals surface area contributed by atoms with Crippen LogP contribution >= 0.6 is 38.9 Å². The van der Waals surface area contributed by atoms with E-state index in [0.29, 0.717) is 20.2 Å². The number of carbonyl (C=O) groups is 1. The molecule has 19 heavy (non-hydrogen) atoms. The number of benzene rings is 1. The first-order chi connectivity index (χ1) is 9.01. The zero-order chi connectivity index (χ0) is 14.0. The standard InChI is InChI=1S/C11H7BrClFN2O2S/c1-18-10(17)8-4-15-11(19-8)16-9-6(12)2-5(14)3-7(9)13/h2-4H,1H3,(H,15,16). The molecule has 0 spiro atoms. The molecule has 0 bridgehead atoms. The van der Waals surface area contributed by atoms with Gasteiger partial charge in [0.25, 0.3) is 0 Å². The van der Waals surface area contributed by atoms with E-state index in [9.17, 15) is 9.18 Å². The first-order valence-electron chi connectivity index (χ1n) is 4.97. The van der Waals surface area contributed by atoms with Gasteiger partial charge in [0.1, 0.15) is 10.7 Å². The molecule has 2 aromatic rings. The Morgan fingerprint density at radius 3 is 2.95 bits per heavy atom. The number of anilines is 2. The highest BCUT2D eigenvalue weighted by Crippen LogP contribution is 2.35. The number of hydrogen-bond acceptors (Lipinski definition) is 5. The summed E-state index contributed by atoms with van der Waals surface area (Å²) in [7, 11) is 1.29. The van der Waals surface area contributed by atoms with E-state index in [1.165, 1.54) is 25.4 Å². The Labute approximate surface area is 125 Å². The van der Waals surface area contributed by atoms with Crippen molar-refractivity contribution in [3.05, 3.63) is 38.5 Å². The molecule has 0 saturated carbocycles. The van der Waals surface area contributed by atoms with Crippen LogP contribution in [-0.2, 0) is 4.74 Å². The number of halogens is 3. The number of rotatable bonds is 3. The summed E-state index contributed by atoms with van der Waals surface area (Å²) in [5, 5.41) is 3.58. The number of nitrogens with zero attached hydrogens (tertiary/aromatic N) is 1.